The molecule has 0 aromatic rings. The Balaban J connectivity index is 0.000000490. The van der Waals surface area contributed by atoms with Crippen molar-refractivity contribution in [2.45, 2.75) is 18.9 Å². The molecule has 0 aliphatic carbocycles. The Morgan fingerprint density at radius 2 is 1.75 bits per heavy atom. The second kappa shape index (κ2) is 3.83. The number of hydrogen-bond donors (Lipinski definition) is 3. The molecule has 0 spiro atoms. The fourth-order valence-electron chi connectivity index (χ4n) is 0.807. The SMILES string of the molecule is N.OC1CCNCC1. The summed E-state index contributed by atoms with van der Waals surface area (Å²) >= 11 is 0. The van der Waals surface area contributed by atoms with Gasteiger partial charge in [0.2, 0.25) is 0 Å². The van der Waals surface area contributed by atoms with Crippen molar-refractivity contribution in [3.63, 3.8) is 0 Å². The summed E-state index contributed by atoms with van der Waals surface area (Å²) in [6.07, 6.45) is 1.83. The van der Waals surface area contributed by atoms with Crippen molar-refractivity contribution in [2.24, 2.45) is 0 Å². The molecule has 0 unspecified atom stereocenters. The second-order valence-electron chi connectivity index (χ2n) is 1.98. The van der Waals surface area contributed by atoms with E-state index in [0.717, 1.165) is 25.9 Å². The Morgan fingerprint density at radius 3 is 2.00 bits per heavy atom. The first-order chi connectivity index (χ1) is 3.39. The van der Waals surface area contributed by atoms with Crippen molar-refractivity contribution < 1.29 is 5.11 Å². The number of nitrogens with one attached hydrogen (secondary N) is 1. The van der Waals surface area contributed by atoms with E-state index in [2.05, 4.69) is 5.32 Å². The number of aliphatic hydroxyl groups excluding tert-OH is 1. The summed E-state index contributed by atoms with van der Waals surface area (Å²) in [5.74, 6) is 0. The van der Waals surface area contributed by atoms with Gasteiger partial charge in [0.05, 0.1) is 6.10 Å². The van der Waals surface area contributed by atoms with Crippen molar-refractivity contribution in [2.75, 3.05) is 13.1 Å². The van der Waals surface area contributed by atoms with Gasteiger partial charge in [-0.1, -0.05) is 0 Å². The lowest BCUT2D eigenvalue weighted by Crippen LogP contribution is -2.30. The lowest BCUT2D eigenvalue weighted by atomic mass is 10.1. The number of rotatable bonds is 0. The summed E-state index contributed by atoms with van der Waals surface area (Å²) in [6.45, 7) is 1.97. The minimum atomic E-state index is -0.0266. The van der Waals surface area contributed by atoms with Crippen molar-refractivity contribution in [3.05, 3.63) is 0 Å². The molecule has 3 heteroatoms. The highest BCUT2D eigenvalue weighted by atomic mass is 16.3. The van der Waals surface area contributed by atoms with Crippen LogP contribution in [0.5, 0.6) is 0 Å². The zero-order valence-corrected chi connectivity index (χ0v) is 5.06. The van der Waals surface area contributed by atoms with Crippen LogP contribution in [0, 0.1) is 0 Å². The van der Waals surface area contributed by atoms with Gasteiger partial charge in [-0.25, -0.2) is 0 Å². The molecule has 50 valence electrons. The third-order valence-corrected chi connectivity index (χ3v) is 1.31. The fourth-order valence-corrected chi connectivity index (χ4v) is 0.807. The zero-order chi connectivity index (χ0) is 5.11. The molecule has 3 nitrogen and oxygen atoms in total. The molecule has 0 saturated carbocycles. The molecule has 0 aromatic carbocycles. The van der Waals surface area contributed by atoms with Gasteiger partial charge in [-0.15, -0.1) is 0 Å². The molecule has 5 N–H and O–H groups in total. The van der Waals surface area contributed by atoms with Gasteiger partial charge >= 0.3 is 0 Å². The van der Waals surface area contributed by atoms with E-state index >= 15 is 0 Å². The maximum absolute atomic E-state index is 8.87. The molecule has 1 fully saturated rings. The largest absolute Gasteiger partial charge is 0.393 e. The van der Waals surface area contributed by atoms with E-state index in [-0.39, 0.29) is 12.3 Å². The molecule has 8 heavy (non-hydrogen) atoms. The van der Waals surface area contributed by atoms with Gasteiger partial charge in [0.1, 0.15) is 0 Å². The molecule has 1 aliphatic rings. The maximum Gasteiger partial charge on any atom is 0.0564 e. The van der Waals surface area contributed by atoms with Gasteiger partial charge in [0, 0.05) is 0 Å². The van der Waals surface area contributed by atoms with Gasteiger partial charge in [-0.2, -0.15) is 0 Å². The van der Waals surface area contributed by atoms with Gasteiger partial charge in [-0.3, -0.25) is 0 Å². The molecule has 0 bridgehead atoms. The minimum Gasteiger partial charge on any atom is -0.393 e. The van der Waals surface area contributed by atoms with E-state index in [9.17, 15) is 0 Å². The molecule has 0 radical (unpaired) electrons. The van der Waals surface area contributed by atoms with Gasteiger partial charge < -0.3 is 16.6 Å². The minimum absolute atomic E-state index is 0. The van der Waals surface area contributed by atoms with Crippen LogP contribution in [0.3, 0.4) is 0 Å². The smallest absolute Gasteiger partial charge is 0.0564 e. The average molecular weight is 118 g/mol. The monoisotopic (exact) mass is 118 g/mol. The highest BCUT2D eigenvalue weighted by molar-refractivity contribution is 4.65. The summed E-state index contributed by atoms with van der Waals surface area (Å²) in [5, 5.41) is 12.0. The summed E-state index contributed by atoms with van der Waals surface area (Å²) < 4.78 is 0. The molecule has 1 saturated heterocycles. The molecule has 1 aliphatic heterocycles. The molecule has 0 amide bonds. The maximum atomic E-state index is 8.87. The lowest BCUT2D eigenvalue weighted by Gasteiger charge is -2.16. The van der Waals surface area contributed by atoms with E-state index in [4.69, 9.17) is 5.11 Å². The quantitative estimate of drug-likeness (QED) is 0.416. The Bertz CT molecular complexity index is 52.4. The topological polar surface area (TPSA) is 67.3 Å². The first kappa shape index (κ1) is 7.88. The normalized spacial score (nSPS) is 22.1. The van der Waals surface area contributed by atoms with E-state index < -0.39 is 0 Å². The van der Waals surface area contributed by atoms with Crippen molar-refractivity contribution >= 4 is 0 Å². The summed E-state index contributed by atoms with van der Waals surface area (Å²) in [5.41, 5.74) is 0. The highest BCUT2D eigenvalue weighted by Crippen LogP contribution is 1.99. The van der Waals surface area contributed by atoms with Crippen LogP contribution in [0.2, 0.25) is 0 Å². The number of piperidine rings is 1. The van der Waals surface area contributed by atoms with Crippen molar-refractivity contribution in [1.82, 2.24) is 11.5 Å². The fraction of sp³-hybridized carbons (Fsp3) is 1.00. The van der Waals surface area contributed by atoms with E-state index in [1.807, 2.05) is 0 Å². The predicted molar refractivity (Wildman–Crippen MR) is 33.1 cm³/mol. The van der Waals surface area contributed by atoms with Crippen LogP contribution in [0.25, 0.3) is 0 Å². The molecular formula is C5H14N2O. The molecule has 0 atom stereocenters. The van der Waals surface area contributed by atoms with E-state index in [0.29, 0.717) is 0 Å². The highest BCUT2D eigenvalue weighted by Gasteiger charge is 2.06. The Morgan fingerprint density at radius 1 is 1.25 bits per heavy atom. The third kappa shape index (κ3) is 2.26. The summed E-state index contributed by atoms with van der Waals surface area (Å²) in [7, 11) is 0. The molecule has 1 rings (SSSR count). The van der Waals surface area contributed by atoms with Crippen LogP contribution in [-0.2, 0) is 0 Å². The summed E-state index contributed by atoms with van der Waals surface area (Å²) in [4.78, 5) is 0. The Hall–Kier alpha value is -0.120. The lowest BCUT2D eigenvalue weighted by molar-refractivity contribution is 0.137. The second-order valence-corrected chi connectivity index (χ2v) is 1.98. The third-order valence-electron chi connectivity index (χ3n) is 1.31. The van der Waals surface area contributed by atoms with Crippen molar-refractivity contribution in [3.8, 4) is 0 Å². The van der Waals surface area contributed by atoms with Gasteiger partial charge in [0.25, 0.3) is 0 Å². The molecular weight excluding hydrogens is 104 g/mol. The van der Waals surface area contributed by atoms with Gasteiger partial charge in [-0.05, 0) is 25.9 Å². The standard InChI is InChI=1S/C5H11NO.H3N/c7-5-1-3-6-4-2-5;/h5-7H,1-4H2;1H3. The zero-order valence-electron chi connectivity index (χ0n) is 5.06. The predicted octanol–water partition coefficient (Wildman–Crippen LogP) is -0.107. The van der Waals surface area contributed by atoms with Crippen LogP contribution >= 0.6 is 0 Å². The molecule has 1 heterocycles. The van der Waals surface area contributed by atoms with Crippen molar-refractivity contribution in [1.29, 1.82) is 0 Å². The average Bonchev–Trinajstić information content (AvgIpc) is 1.69. The first-order valence-corrected chi connectivity index (χ1v) is 2.78. The van der Waals surface area contributed by atoms with Gasteiger partial charge in [0.15, 0.2) is 0 Å². The Kier molecular flexibility index (Phi) is 3.77. The Labute approximate surface area is 49.7 Å². The van der Waals surface area contributed by atoms with E-state index in [1.54, 1.807) is 0 Å². The summed E-state index contributed by atoms with van der Waals surface area (Å²) in [6, 6.07) is 0. The number of hydrogen-bond acceptors (Lipinski definition) is 3. The van der Waals surface area contributed by atoms with Crippen LogP contribution in [0.1, 0.15) is 12.8 Å². The van der Waals surface area contributed by atoms with Crippen LogP contribution in [0.4, 0.5) is 0 Å². The van der Waals surface area contributed by atoms with Crippen LogP contribution < -0.4 is 11.5 Å². The van der Waals surface area contributed by atoms with Crippen LogP contribution in [0.15, 0.2) is 0 Å². The first-order valence-electron chi connectivity index (χ1n) is 2.78. The van der Waals surface area contributed by atoms with Crippen LogP contribution in [-0.4, -0.2) is 24.3 Å². The molecule has 0 aromatic heterocycles. The number of aliphatic hydroxyl groups is 1. The van der Waals surface area contributed by atoms with E-state index in [1.165, 1.54) is 0 Å².